The summed E-state index contributed by atoms with van der Waals surface area (Å²) in [6, 6.07) is 7.24. The van der Waals surface area contributed by atoms with Gasteiger partial charge in [0.05, 0.1) is 38.2 Å². The highest BCUT2D eigenvalue weighted by atomic mass is 16.5. The van der Waals surface area contributed by atoms with E-state index in [-0.39, 0.29) is 52.7 Å². The Hall–Kier alpha value is -4.88. The van der Waals surface area contributed by atoms with E-state index in [2.05, 4.69) is 72.6 Å². The topological polar surface area (TPSA) is 175 Å². The normalized spacial score (nSPS) is 30.2. The first-order valence-electron chi connectivity index (χ1n) is 21.3. The summed E-state index contributed by atoms with van der Waals surface area (Å²) in [5.41, 5.74) is 4.69. The average molecular weight is 799 g/mol. The van der Waals surface area contributed by atoms with E-state index in [1.54, 1.807) is 0 Å². The van der Waals surface area contributed by atoms with Gasteiger partial charge in [-0.1, -0.05) is 52.0 Å². The molecule has 314 valence electrons. The molecule has 14 nitrogen and oxygen atoms in total. The van der Waals surface area contributed by atoms with Crippen LogP contribution in [-0.4, -0.2) is 92.1 Å². The second-order valence-electron chi connectivity index (χ2n) is 17.6. The van der Waals surface area contributed by atoms with E-state index in [0.29, 0.717) is 18.8 Å². The number of nitrogens with one attached hydrogen (secondary N) is 4. The van der Waals surface area contributed by atoms with Crippen molar-refractivity contribution < 1.29 is 28.7 Å². The second kappa shape index (κ2) is 16.4. The summed E-state index contributed by atoms with van der Waals surface area (Å²) in [4.78, 5) is 72.4. The quantitative estimate of drug-likeness (QED) is 0.158. The van der Waals surface area contributed by atoms with Crippen LogP contribution in [0.25, 0.3) is 11.3 Å². The molecule has 8 atom stereocenters. The van der Waals surface area contributed by atoms with Crippen molar-refractivity contribution in [2.75, 3.05) is 14.2 Å². The van der Waals surface area contributed by atoms with E-state index in [9.17, 15) is 19.2 Å². The van der Waals surface area contributed by atoms with Crippen LogP contribution in [0.3, 0.4) is 0 Å². The number of nitrogens with zero attached hydrogens (tertiary/aromatic N) is 4. The lowest BCUT2D eigenvalue weighted by atomic mass is 9.51. The number of likely N-dealkylation sites (tertiary alicyclic amines) is 2. The van der Waals surface area contributed by atoms with Crippen LogP contribution in [0.4, 0.5) is 9.59 Å². The Morgan fingerprint density at radius 3 is 1.62 bits per heavy atom. The van der Waals surface area contributed by atoms with Crippen molar-refractivity contribution in [1.82, 2.24) is 40.4 Å². The number of imidazole rings is 2. The number of amides is 4. The number of ether oxygens (including phenoxy) is 2. The number of carbonyl (C=O) groups excluding carboxylic acids is 4. The van der Waals surface area contributed by atoms with Gasteiger partial charge >= 0.3 is 12.2 Å². The molecular formula is C44H62N8O6. The second-order valence-corrected chi connectivity index (χ2v) is 17.6. The molecule has 8 rings (SSSR count). The van der Waals surface area contributed by atoms with Crippen molar-refractivity contribution in [3.8, 4) is 11.3 Å². The van der Waals surface area contributed by atoms with Gasteiger partial charge in [0.25, 0.3) is 0 Å². The van der Waals surface area contributed by atoms with Crippen LogP contribution in [0, 0.1) is 11.8 Å². The summed E-state index contributed by atoms with van der Waals surface area (Å²) in [6.07, 6.45) is 11.7. The third-order valence-corrected chi connectivity index (χ3v) is 14.7. The summed E-state index contributed by atoms with van der Waals surface area (Å²) in [5.74, 6) is 1.93. The Labute approximate surface area is 342 Å². The zero-order chi connectivity index (χ0) is 41.5. The Kier molecular flexibility index (Phi) is 11.7. The van der Waals surface area contributed by atoms with Gasteiger partial charge in [0.15, 0.2) is 0 Å². The molecule has 0 spiro atoms. The van der Waals surface area contributed by atoms with E-state index in [0.717, 1.165) is 74.3 Å². The van der Waals surface area contributed by atoms with Crippen molar-refractivity contribution in [1.29, 1.82) is 0 Å². The van der Waals surface area contributed by atoms with E-state index in [1.165, 1.54) is 25.5 Å². The highest BCUT2D eigenvalue weighted by Gasteiger charge is 2.52. The molecule has 3 saturated carbocycles. The van der Waals surface area contributed by atoms with Gasteiger partial charge < -0.3 is 39.9 Å². The van der Waals surface area contributed by atoms with Crippen LogP contribution in [-0.2, 0) is 29.9 Å². The van der Waals surface area contributed by atoms with E-state index in [1.807, 2.05) is 36.0 Å². The molecule has 4 amide bonds. The van der Waals surface area contributed by atoms with Crippen LogP contribution < -0.4 is 10.6 Å². The zero-order valence-electron chi connectivity index (χ0n) is 35.4. The maximum Gasteiger partial charge on any atom is 0.407 e. The molecule has 14 heteroatoms. The van der Waals surface area contributed by atoms with Crippen molar-refractivity contribution in [3.05, 3.63) is 59.6 Å². The molecule has 1 aromatic carbocycles. The summed E-state index contributed by atoms with van der Waals surface area (Å²) in [6.45, 7) is 12.3. The van der Waals surface area contributed by atoms with Gasteiger partial charge in [-0.05, 0) is 106 Å². The van der Waals surface area contributed by atoms with Crippen molar-refractivity contribution in [2.45, 2.75) is 153 Å². The first-order chi connectivity index (χ1) is 27.8. The Bertz CT molecular complexity index is 1950. The summed E-state index contributed by atoms with van der Waals surface area (Å²) < 4.78 is 9.58. The minimum absolute atomic E-state index is 0.00377. The molecule has 5 aliphatic rings. The number of carbonyl (C=O) groups is 4. The van der Waals surface area contributed by atoms with Gasteiger partial charge in [0, 0.05) is 29.4 Å². The summed E-state index contributed by atoms with van der Waals surface area (Å²) in [7, 11) is 2.61. The van der Waals surface area contributed by atoms with Crippen molar-refractivity contribution in [2.24, 2.45) is 11.8 Å². The summed E-state index contributed by atoms with van der Waals surface area (Å²) in [5, 5.41) is 5.43. The lowest BCUT2D eigenvalue weighted by Gasteiger charge is -2.53. The Morgan fingerprint density at radius 1 is 0.707 bits per heavy atom. The molecule has 4 heterocycles. The Balaban J connectivity index is 1.02. The molecule has 3 aromatic rings. The number of aromatic nitrogens is 4. The zero-order valence-corrected chi connectivity index (χ0v) is 35.4. The minimum Gasteiger partial charge on any atom is -0.453 e. The van der Waals surface area contributed by atoms with Crippen LogP contribution in [0.5, 0.6) is 0 Å². The Morgan fingerprint density at radius 2 is 1.16 bits per heavy atom. The number of alkyl carbamates (subject to hydrolysis) is 2. The van der Waals surface area contributed by atoms with Crippen LogP contribution >= 0.6 is 0 Å². The molecular weight excluding hydrogens is 737 g/mol. The fourth-order valence-corrected chi connectivity index (χ4v) is 10.5. The highest BCUT2D eigenvalue weighted by molar-refractivity contribution is 5.87. The fourth-order valence-electron chi connectivity index (χ4n) is 10.5. The van der Waals surface area contributed by atoms with Gasteiger partial charge in [-0.25, -0.2) is 19.6 Å². The van der Waals surface area contributed by atoms with Gasteiger partial charge in [0.1, 0.15) is 23.7 Å². The number of hydrogen-bond donors (Lipinski definition) is 4. The molecule has 58 heavy (non-hydrogen) atoms. The number of methoxy groups -OCH3 is 2. The molecule has 4 N–H and O–H groups in total. The maximum atomic E-state index is 13.8. The highest BCUT2D eigenvalue weighted by Crippen LogP contribution is 2.58. The van der Waals surface area contributed by atoms with Crippen LogP contribution in [0.1, 0.15) is 141 Å². The van der Waals surface area contributed by atoms with Gasteiger partial charge in [0.2, 0.25) is 11.8 Å². The lowest BCUT2D eigenvalue weighted by Crippen LogP contribution is -2.50. The molecule has 2 bridgehead atoms. The number of H-pyrrole nitrogens is 2. The standard InChI is InChI=1S/C44H62N8O6/c1-9-31(48-41(55)57-7)39(53)51-27(5)25(3)21-34(51)37-45-23-33(47-37)29-11-13-30(14-12-29)43-15-18-44(19-16-43,20-17-43)36-24-46-38(50-36)35-22-26(4)28(6)52(35)40(54)32(10-2)49-42(56)58-8/h11-14,23-28,31-32,34-35H,9-10,15-22H2,1-8H3,(H,45,47)(H,46,50)(H,48,55)(H,49,56)/t25-,26-,27-,28-,31+,32+,34+,35+,43?,44?/m1/s1. The average Bonchev–Trinajstić information content (AvgIpc) is 4.06. The number of aromatic amines is 2. The van der Waals surface area contributed by atoms with Gasteiger partial charge in [-0.2, -0.15) is 0 Å². The lowest BCUT2D eigenvalue weighted by molar-refractivity contribution is -0.137. The number of rotatable bonds is 11. The molecule has 2 aromatic heterocycles. The van der Waals surface area contributed by atoms with Crippen molar-refractivity contribution >= 4 is 24.0 Å². The number of fused-ring (bicyclic) bond motifs is 3. The fraction of sp³-hybridized carbons (Fsp3) is 0.636. The monoisotopic (exact) mass is 798 g/mol. The van der Waals surface area contributed by atoms with E-state index < -0.39 is 24.3 Å². The van der Waals surface area contributed by atoms with Gasteiger partial charge in [-0.15, -0.1) is 0 Å². The molecule has 2 aliphatic heterocycles. The maximum absolute atomic E-state index is 13.8. The molecule has 2 saturated heterocycles. The first-order valence-corrected chi connectivity index (χ1v) is 21.3. The third-order valence-electron chi connectivity index (χ3n) is 14.7. The number of benzene rings is 1. The van der Waals surface area contributed by atoms with E-state index >= 15 is 0 Å². The third kappa shape index (κ3) is 7.36. The largest absolute Gasteiger partial charge is 0.453 e. The predicted molar refractivity (Wildman–Crippen MR) is 219 cm³/mol. The van der Waals surface area contributed by atoms with E-state index in [4.69, 9.17) is 19.4 Å². The SMILES string of the molecule is CC[C@H](NC(=O)OC)C(=O)N1[C@H](C)[C@H](C)C[C@H]1c1ncc(-c2ccc(C34CCC(c5cnc([C@@H]6C[C@@H](C)[C@@H](C)N6C(=O)[C@H](CC)NC(=O)OC)[nH]5)(CC3)CC4)cc2)[nH]1. The minimum atomic E-state index is -0.670. The van der Waals surface area contributed by atoms with Crippen molar-refractivity contribution in [3.63, 3.8) is 0 Å². The smallest absolute Gasteiger partial charge is 0.407 e. The molecule has 5 fully saturated rings. The van der Waals surface area contributed by atoms with Gasteiger partial charge in [-0.3, -0.25) is 9.59 Å². The summed E-state index contributed by atoms with van der Waals surface area (Å²) >= 11 is 0. The molecule has 0 unspecified atom stereocenters. The predicted octanol–water partition coefficient (Wildman–Crippen LogP) is 7.21. The van der Waals surface area contributed by atoms with Crippen LogP contribution in [0.15, 0.2) is 36.7 Å². The number of hydrogen-bond acceptors (Lipinski definition) is 8. The molecule has 3 aliphatic carbocycles. The molecule has 0 radical (unpaired) electrons. The van der Waals surface area contributed by atoms with Crippen LogP contribution in [0.2, 0.25) is 0 Å². The first kappa shape index (κ1) is 41.3.